The van der Waals surface area contributed by atoms with E-state index in [4.69, 9.17) is 0 Å². The predicted octanol–water partition coefficient (Wildman–Crippen LogP) is 7.82. The number of halogens is 2. The minimum atomic E-state index is -2.21. The Balaban J connectivity index is 1.35. The van der Waals surface area contributed by atoms with Gasteiger partial charge in [-0.15, -0.1) is 0 Å². The Morgan fingerprint density at radius 2 is 1.47 bits per heavy atom. The van der Waals surface area contributed by atoms with Crippen LogP contribution in [0.2, 0.25) is 0 Å². The molecule has 0 N–H and O–H groups in total. The molecule has 0 spiro atoms. The molecule has 3 aromatic rings. The summed E-state index contributed by atoms with van der Waals surface area (Å²) in [7, 11) is 0. The van der Waals surface area contributed by atoms with Crippen molar-refractivity contribution in [2.24, 2.45) is 0 Å². The molecule has 2 aliphatic carbocycles. The van der Waals surface area contributed by atoms with Crippen LogP contribution in [-0.2, 0) is 19.3 Å². The molecule has 3 aromatic carbocycles. The summed E-state index contributed by atoms with van der Waals surface area (Å²) >= 11 is 0. The van der Waals surface area contributed by atoms with E-state index in [0.29, 0.717) is 6.54 Å². The van der Waals surface area contributed by atoms with Crippen molar-refractivity contribution in [2.75, 3.05) is 19.6 Å². The third-order valence-electron chi connectivity index (χ3n) is 8.02. The Kier molecular flexibility index (Phi) is 6.58. The second kappa shape index (κ2) is 10.1. The fourth-order valence-corrected chi connectivity index (χ4v) is 6.27. The monoisotopic (exact) mass is 481 g/mol. The quantitative estimate of drug-likeness (QED) is 0.347. The first-order valence-electron chi connectivity index (χ1n) is 13.4. The first-order chi connectivity index (χ1) is 17.7. The molecule has 0 radical (unpaired) electrons. The number of nitrogens with zero attached hydrogens (tertiary/aromatic N) is 1. The van der Waals surface area contributed by atoms with Crippen LogP contribution < -0.4 is 0 Å². The van der Waals surface area contributed by atoms with Crippen LogP contribution in [0.3, 0.4) is 0 Å². The summed E-state index contributed by atoms with van der Waals surface area (Å²) in [6, 6.07) is 24.8. The van der Waals surface area contributed by atoms with Crippen LogP contribution in [-0.4, -0.2) is 31.0 Å². The molecule has 0 atom stereocenters. The number of likely N-dealkylation sites (tertiary alicyclic amines) is 1. The van der Waals surface area contributed by atoms with Crippen molar-refractivity contribution in [1.82, 2.24) is 4.90 Å². The predicted molar refractivity (Wildman–Crippen MR) is 145 cm³/mol. The topological polar surface area (TPSA) is 3.24 Å². The van der Waals surface area contributed by atoms with Gasteiger partial charge in [0, 0.05) is 26.1 Å². The molecule has 1 heterocycles. The number of fused-ring (bicyclic) bond motifs is 2. The van der Waals surface area contributed by atoms with Crippen LogP contribution in [0.4, 0.5) is 8.78 Å². The largest absolute Gasteiger partial charge is 0.295 e. The molecular formula is C33H33F2N. The van der Waals surface area contributed by atoms with Gasteiger partial charge in [0.2, 0.25) is 6.43 Å². The zero-order chi connectivity index (χ0) is 24.5. The van der Waals surface area contributed by atoms with Crippen LogP contribution >= 0.6 is 0 Å². The average Bonchev–Trinajstić information content (AvgIpc) is 3.27. The van der Waals surface area contributed by atoms with Gasteiger partial charge in [0.15, 0.2) is 0 Å². The molecule has 1 nitrogen and oxygen atoms in total. The van der Waals surface area contributed by atoms with Gasteiger partial charge in [0.25, 0.3) is 0 Å². The van der Waals surface area contributed by atoms with E-state index >= 15 is 0 Å². The summed E-state index contributed by atoms with van der Waals surface area (Å²) in [6.45, 7) is 2.08. The van der Waals surface area contributed by atoms with Crippen molar-refractivity contribution in [1.29, 1.82) is 0 Å². The molecule has 3 aliphatic rings. The summed E-state index contributed by atoms with van der Waals surface area (Å²) < 4.78 is 24.9. The van der Waals surface area contributed by atoms with Crippen molar-refractivity contribution in [3.63, 3.8) is 0 Å². The maximum absolute atomic E-state index is 12.5. The molecule has 0 bridgehead atoms. The van der Waals surface area contributed by atoms with Gasteiger partial charge in [-0.3, -0.25) is 4.90 Å². The standard InChI is InChI=1S/C33H33F2N/c34-32(35)18-19-36-21-24(22-36)20-23-14-16-27(17-15-23)33-29-10-2-1-6-26(29)9-5-13-31(33)30-12-4-8-25-7-3-11-28(25)30/h1-2,4,6,8,10,12,14-17,20,32H,3,5,7,9,11,13,18-19,21-22H2. The summed E-state index contributed by atoms with van der Waals surface area (Å²) in [5.74, 6) is 0. The average molecular weight is 482 g/mol. The number of hydrogen-bond donors (Lipinski definition) is 0. The lowest BCUT2D eigenvalue weighted by Gasteiger charge is -2.34. The van der Waals surface area contributed by atoms with Gasteiger partial charge in [-0.1, -0.05) is 72.8 Å². The number of aryl methyl sites for hydroxylation is 2. The van der Waals surface area contributed by atoms with Gasteiger partial charge in [-0.25, -0.2) is 8.78 Å². The molecule has 184 valence electrons. The molecule has 0 aromatic heterocycles. The molecule has 3 heteroatoms. The smallest absolute Gasteiger partial charge is 0.239 e. The summed E-state index contributed by atoms with van der Waals surface area (Å²) in [5, 5.41) is 0. The van der Waals surface area contributed by atoms with E-state index in [-0.39, 0.29) is 6.42 Å². The van der Waals surface area contributed by atoms with E-state index in [1.165, 1.54) is 75.8 Å². The molecule has 0 unspecified atom stereocenters. The van der Waals surface area contributed by atoms with Crippen molar-refractivity contribution in [2.45, 2.75) is 51.4 Å². The molecule has 1 fully saturated rings. The molecule has 36 heavy (non-hydrogen) atoms. The highest BCUT2D eigenvalue weighted by atomic mass is 19.3. The van der Waals surface area contributed by atoms with Gasteiger partial charge >= 0.3 is 0 Å². The fraction of sp³-hybridized carbons (Fsp3) is 0.333. The lowest BCUT2D eigenvalue weighted by molar-refractivity contribution is 0.111. The van der Waals surface area contributed by atoms with E-state index in [2.05, 4.69) is 77.7 Å². The zero-order valence-electron chi connectivity index (χ0n) is 20.8. The number of alkyl halides is 2. The van der Waals surface area contributed by atoms with E-state index in [0.717, 1.165) is 25.9 Å². The maximum Gasteiger partial charge on any atom is 0.239 e. The Labute approximate surface area is 213 Å². The van der Waals surface area contributed by atoms with Crippen LogP contribution in [0.15, 0.2) is 72.3 Å². The van der Waals surface area contributed by atoms with Crippen LogP contribution in [0.5, 0.6) is 0 Å². The van der Waals surface area contributed by atoms with Crippen molar-refractivity contribution in [3.05, 3.63) is 111 Å². The molecule has 6 rings (SSSR count). The first-order valence-corrected chi connectivity index (χ1v) is 13.4. The van der Waals surface area contributed by atoms with Crippen LogP contribution in [0.25, 0.3) is 17.2 Å². The fourth-order valence-electron chi connectivity index (χ4n) is 6.27. The second-order valence-electron chi connectivity index (χ2n) is 10.5. The summed E-state index contributed by atoms with van der Waals surface area (Å²) in [4.78, 5) is 2.09. The summed E-state index contributed by atoms with van der Waals surface area (Å²) in [5.41, 5.74) is 14.0. The molecule has 1 aliphatic heterocycles. The first kappa shape index (κ1) is 23.4. The summed E-state index contributed by atoms with van der Waals surface area (Å²) in [6.07, 6.45) is 7.01. The molecule has 1 saturated heterocycles. The molecular weight excluding hydrogens is 448 g/mol. The van der Waals surface area contributed by atoms with E-state index in [1.54, 1.807) is 5.56 Å². The highest BCUT2D eigenvalue weighted by molar-refractivity contribution is 6.00. The third kappa shape index (κ3) is 4.69. The van der Waals surface area contributed by atoms with E-state index in [1.807, 2.05) is 0 Å². The minimum Gasteiger partial charge on any atom is -0.295 e. The Morgan fingerprint density at radius 1 is 0.750 bits per heavy atom. The van der Waals surface area contributed by atoms with Crippen molar-refractivity contribution < 1.29 is 8.78 Å². The molecule has 0 saturated carbocycles. The molecule has 0 amide bonds. The van der Waals surface area contributed by atoms with Gasteiger partial charge < -0.3 is 0 Å². The van der Waals surface area contributed by atoms with Crippen LogP contribution in [0.1, 0.15) is 64.6 Å². The zero-order valence-corrected chi connectivity index (χ0v) is 20.8. The highest BCUT2D eigenvalue weighted by Crippen LogP contribution is 2.42. The number of hydrogen-bond acceptors (Lipinski definition) is 1. The van der Waals surface area contributed by atoms with Gasteiger partial charge in [0.1, 0.15) is 0 Å². The number of benzene rings is 3. The van der Waals surface area contributed by atoms with Crippen molar-refractivity contribution >= 4 is 17.2 Å². The van der Waals surface area contributed by atoms with E-state index < -0.39 is 6.43 Å². The van der Waals surface area contributed by atoms with Gasteiger partial charge in [-0.2, -0.15) is 0 Å². The SMILES string of the molecule is FC(F)CCN1CC(=Cc2ccc(C3=C(c4cccc5c4CCC5)CCCc4ccccc43)cc2)C1. The van der Waals surface area contributed by atoms with Crippen molar-refractivity contribution in [3.8, 4) is 0 Å². The third-order valence-corrected chi connectivity index (χ3v) is 8.02. The number of allylic oxidation sites excluding steroid dienone is 1. The lowest BCUT2D eigenvalue weighted by Crippen LogP contribution is -2.40. The second-order valence-corrected chi connectivity index (χ2v) is 10.5. The van der Waals surface area contributed by atoms with Gasteiger partial charge in [0.05, 0.1) is 0 Å². The van der Waals surface area contributed by atoms with Gasteiger partial charge in [-0.05, 0) is 94.2 Å². The Hall–Kier alpha value is -3.04. The minimum absolute atomic E-state index is 0.0362. The normalized spacial score (nSPS) is 17.6. The lowest BCUT2D eigenvalue weighted by atomic mass is 9.85. The maximum atomic E-state index is 12.5. The number of rotatable bonds is 6. The van der Waals surface area contributed by atoms with E-state index in [9.17, 15) is 8.78 Å². The Morgan fingerprint density at radius 3 is 2.31 bits per heavy atom. The Bertz CT molecular complexity index is 1310. The highest BCUT2D eigenvalue weighted by Gasteiger charge is 2.24. The van der Waals surface area contributed by atoms with Crippen LogP contribution in [0, 0.1) is 0 Å².